The zero-order valence-corrected chi connectivity index (χ0v) is 25.9. The molecule has 208 valence electrons. The lowest BCUT2D eigenvalue weighted by atomic mass is 10.1. The molecular weight excluding hydrogens is 625 g/mol. The van der Waals surface area contributed by atoms with Gasteiger partial charge in [0.05, 0.1) is 10.6 Å². The van der Waals surface area contributed by atoms with E-state index in [1.165, 1.54) is 35.2 Å². The van der Waals surface area contributed by atoms with Crippen LogP contribution in [0, 0.1) is 6.92 Å². The molecule has 11 heteroatoms. The fourth-order valence-electron chi connectivity index (χ4n) is 3.82. The summed E-state index contributed by atoms with van der Waals surface area (Å²) in [7, 11) is -4.21. The SMILES string of the molecule is Cc1ccc(S(=O)(=O)N(CC(=O)N(Cc2ccc(Br)cc2)[C@@H](C)C(=O)NC(C)C)c2cc(Cl)cc(Cl)c2)cc1. The zero-order valence-electron chi connectivity index (χ0n) is 22.0. The third-order valence-corrected chi connectivity index (χ3v) is 8.64. The van der Waals surface area contributed by atoms with Gasteiger partial charge in [0.15, 0.2) is 0 Å². The molecule has 1 atom stereocenters. The Morgan fingerprint density at radius 1 is 0.923 bits per heavy atom. The van der Waals surface area contributed by atoms with Gasteiger partial charge in [-0.05, 0) is 75.7 Å². The van der Waals surface area contributed by atoms with E-state index in [2.05, 4.69) is 21.2 Å². The number of anilines is 1. The molecule has 1 N–H and O–H groups in total. The molecule has 0 aliphatic heterocycles. The molecule has 0 fully saturated rings. The van der Waals surface area contributed by atoms with Crippen LogP contribution < -0.4 is 9.62 Å². The Morgan fingerprint density at radius 2 is 1.49 bits per heavy atom. The molecule has 0 saturated carbocycles. The maximum Gasteiger partial charge on any atom is 0.264 e. The maximum absolute atomic E-state index is 13.9. The van der Waals surface area contributed by atoms with E-state index < -0.39 is 28.5 Å². The Bertz CT molecular complexity index is 1410. The van der Waals surface area contributed by atoms with E-state index in [9.17, 15) is 18.0 Å². The van der Waals surface area contributed by atoms with Crippen LogP contribution >= 0.6 is 39.1 Å². The number of hydrogen-bond acceptors (Lipinski definition) is 4. The molecule has 0 aliphatic carbocycles. The van der Waals surface area contributed by atoms with Crippen molar-refractivity contribution in [2.75, 3.05) is 10.8 Å². The second kappa shape index (κ2) is 13.2. The number of nitrogens with one attached hydrogen (secondary N) is 1. The van der Waals surface area contributed by atoms with Gasteiger partial charge in [-0.2, -0.15) is 0 Å². The average Bonchev–Trinajstić information content (AvgIpc) is 2.85. The maximum atomic E-state index is 13.9. The van der Waals surface area contributed by atoms with Gasteiger partial charge in [-0.15, -0.1) is 0 Å². The van der Waals surface area contributed by atoms with E-state index in [0.29, 0.717) is 0 Å². The minimum absolute atomic E-state index is 0.00190. The van der Waals surface area contributed by atoms with Gasteiger partial charge in [-0.3, -0.25) is 13.9 Å². The molecule has 0 aromatic heterocycles. The molecule has 7 nitrogen and oxygen atoms in total. The van der Waals surface area contributed by atoms with E-state index in [1.807, 2.05) is 45.0 Å². The molecule has 0 radical (unpaired) electrons. The van der Waals surface area contributed by atoms with Crippen molar-refractivity contribution in [2.45, 2.75) is 51.2 Å². The third-order valence-electron chi connectivity index (χ3n) is 5.89. The van der Waals surface area contributed by atoms with Gasteiger partial charge < -0.3 is 10.2 Å². The predicted molar refractivity (Wildman–Crippen MR) is 160 cm³/mol. The summed E-state index contributed by atoms with van der Waals surface area (Å²) in [5.74, 6) is -0.926. The van der Waals surface area contributed by atoms with Gasteiger partial charge in [0.1, 0.15) is 12.6 Å². The van der Waals surface area contributed by atoms with Crippen molar-refractivity contribution in [3.8, 4) is 0 Å². The first kappa shape index (κ1) is 30.9. The smallest absolute Gasteiger partial charge is 0.264 e. The largest absolute Gasteiger partial charge is 0.352 e. The lowest BCUT2D eigenvalue weighted by molar-refractivity contribution is -0.139. The van der Waals surface area contributed by atoms with Crippen LogP contribution in [-0.2, 0) is 26.2 Å². The molecule has 0 heterocycles. The Labute approximate surface area is 248 Å². The average molecular weight is 655 g/mol. The van der Waals surface area contributed by atoms with Crippen molar-refractivity contribution in [1.29, 1.82) is 0 Å². The van der Waals surface area contributed by atoms with Gasteiger partial charge in [0.2, 0.25) is 11.8 Å². The van der Waals surface area contributed by atoms with Crippen LogP contribution in [-0.4, -0.2) is 43.8 Å². The number of aryl methyl sites for hydroxylation is 1. The lowest BCUT2D eigenvalue weighted by Gasteiger charge is -2.32. The zero-order chi connectivity index (χ0) is 28.9. The van der Waals surface area contributed by atoms with Crippen LogP contribution in [0.15, 0.2) is 76.1 Å². The highest BCUT2D eigenvalue weighted by Gasteiger charge is 2.33. The van der Waals surface area contributed by atoms with Gasteiger partial charge in [0, 0.05) is 27.1 Å². The normalized spacial score (nSPS) is 12.2. The minimum Gasteiger partial charge on any atom is -0.352 e. The summed E-state index contributed by atoms with van der Waals surface area (Å²) in [5, 5.41) is 3.25. The van der Waals surface area contributed by atoms with Crippen molar-refractivity contribution >= 4 is 66.7 Å². The van der Waals surface area contributed by atoms with Gasteiger partial charge in [0.25, 0.3) is 10.0 Å². The molecule has 3 aromatic carbocycles. The highest BCUT2D eigenvalue weighted by molar-refractivity contribution is 9.10. The molecule has 0 aliphatic rings. The quantitative estimate of drug-likeness (QED) is 0.282. The van der Waals surface area contributed by atoms with Crippen molar-refractivity contribution in [3.63, 3.8) is 0 Å². The fraction of sp³-hybridized carbons (Fsp3) is 0.286. The van der Waals surface area contributed by atoms with Crippen LogP contribution in [0.3, 0.4) is 0 Å². The van der Waals surface area contributed by atoms with E-state index in [0.717, 1.165) is 19.9 Å². The summed E-state index contributed by atoms with van der Waals surface area (Å²) in [5.41, 5.74) is 1.78. The number of sulfonamides is 1. The first-order valence-electron chi connectivity index (χ1n) is 12.2. The molecule has 0 bridgehead atoms. The van der Waals surface area contributed by atoms with E-state index >= 15 is 0 Å². The summed E-state index contributed by atoms with van der Waals surface area (Å²) in [6.45, 7) is 6.62. The lowest BCUT2D eigenvalue weighted by Crippen LogP contribution is -2.52. The van der Waals surface area contributed by atoms with Crippen molar-refractivity contribution < 1.29 is 18.0 Å². The molecule has 39 heavy (non-hydrogen) atoms. The molecular formula is C28H30BrCl2N3O4S. The summed E-state index contributed by atoms with van der Waals surface area (Å²) in [4.78, 5) is 28.2. The second-order valence-corrected chi connectivity index (χ2v) is 13.1. The van der Waals surface area contributed by atoms with E-state index in [1.54, 1.807) is 19.1 Å². The first-order valence-corrected chi connectivity index (χ1v) is 15.2. The topological polar surface area (TPSA) is 86.8 Å². The molecule has 0 saturated heterocycles. The standard InChI is InChI=1S/C28H30BrCl2N3O4S/c1-18(2)32-28(36)20(4)33(16-21-7-9-22(29)10-8-21)27(35)17-34(25-14-23(30)13-24(31)15-25)39(37,38)26-11-5-19(3)6-12-26/h5-15,18,20H,16-17H2,1-4H3,(H,32,36)/t20-/m0/s1. The van der Waals surface area contributed by atoms with Gasteiger partial charge in [-0.1, -0.05) is 69.0 Å². The number of carbonyl (C=O) groups excluding carboxylic acids is 2. The number of rotatable bonds is 10. The number of halogens is 3. The monoisotopic (exact) mass is 653 g/mol. The Kier molecular flexibility index (Phi) is 10.5. The van der Waals surface area contributed by atoms with Crippen LogP contribution in [0.25, 0.3) is 0 Å². The number of hydrogen-bond donors (Lipinski definition) is 1. The van der Waals surface area contributed by atoms with E-state index in [4.69, 9.17) is 23.2 Å². The number of nitrogens with zero attached hydrogens (tertiary/aromatic N) is 2. The van der Waals surface area contributed by atoms with Crippen molar-refractivity contribution in [2.24, 2.45) is 0 Å². The first-order chi connectivity index (χ1) is 18.3. The van der Waals surface area contributed by atoms with Crippen LogP contribution in [0.5, 0.6) is 0 Å². The number of amides is 2. The second-order valence-electron chi connectivity index (χ2n) is 9.44. The molecule has 3 rings (SSSR count). The third kappa shape index (κ3) is 8.20. The molecule has 0 spiro atoms. The minimum atomic E-state index is -4.21. The Morgan fingerprint density at radius 3 is 2.03 bits per heavy atom. The van der Waals surface area contributed by atoms with Crippen LogP contribution in [0.2, 0.25) is 10.0 Å². The molecule has 2 amide bonds. The highest BCUT2D eigenvalue weighted by Crippen LogP contribution is 2.30. The summed E-state index contributed by atoms with van der Waals surface area (Å²) < 4.78 is 29.5. The number of carbonyl (C=O) groups is 2. The summed E-state index contributed by atoms with van der Waals surface area (Å²) >= 11 is 15.8. The Hall–Kier alpha value is -2.59. The van der Waals surface area contributed by atoms with E-state index in [-0.39, 0.29) is 39.1 Å². The van der Waals surface area contributed by atoms with Gasteiger partial charge in [-0.25, -0.2) is 8.42 Å². The van der Waals surface area contributed by atoms with Crippen molar-refractivity contribution in [3.05, 3.63) is 92.4 Å². The van der Waals surface area contributed by atoms with Crippen LogP contribution in [0.4, 0.5) is 5.69 Å². The van der Waals surface area contributed by atoms with Gasteiger partial charge >= 0.3 is 0 Å². The summed E-state index contributed by atoms with van der Waals surface area (Å²) in [6, 6.07) is 16.9. The fourth-order valence-corrected chi connectivity index (χ4v) is 6.00. The Balaban J connectivity index is 2.06. The molecule has 0 unspecified atom stereocenters. The highest BCUT2D eigenvalue weighted by atomic mass is 79.9. The summed E-state index contributed by atoms with van der Waals surface area (Å²) in [6.07, 6.45) is 0. The molecule has 3 aromatic rings. The predicted octanol–water partition coefficient (Wildman–Crippen LogP) is 6.20. The van der Waals surface area contributed by atoms with Crippen LogP contribution in [0.1, 0.15) is 31.9 Å². The van der Waals surface area contributed by atoms with Crippen molar-refractivity contribution in [1.82, 2.24) is 10.2 Å². The number of benzene rings is 3.